The minimum Gasteiger partial charge on any atom is -0.493 e. The summed E-state index contributed by atoms with van der Waals surface area (Å²) in [5, 5.41) is 2.95. The molecule has 1 heterocycles. The highest BCUT2D eigenvalue weighted by molar-refractivity contribution is 7.92. The number of ketones is 1. The van der Waals surface area contributed by atoms with Gasteiger partial charge in [0.1, 0.15) is 11.6 Å². The molecule has 10 heteroatoms. The SMILES string of the molecule is COc1ccc(C(=O)/C=C\Nc2ccc(S(=O)(=O)Nc3cc(C)nc(C)n3)cc2)cc1OC. The van der Waals surface area contributed by atoms with Crippen LogP contribution in [-0.4, -0.2) is 38.4 Å². The number of aryl methyl sites for hydroxylation is 2. The summed E-state index contributed by atoms with van der Waals surface area (Å²) in [7, 11) is -0.788. The van der Waals surface area contributed by atoms with Crippen molar-refractivity contribution >= 4 is 27.3 Å². The number of nitrogens with zero attached hydrogens (tertiary/aromatic N) is 2. The molecule has 2 aromatic carbocycles. The van der Waals surface area contributed by atoms with Crippen LogP contribution in [0.1, 0.15) is 21.9 Å². The van der Waals surface area contributed by atoms with E-state index in [4.69, 9.17) is 9.47 Å². The fraction of sp³-hybridized carbons (Fsp3) is 0.174. The Labute approximate surface area is 192 Å². The Morgan fingerprint density at radius 1 is 0.939 bits per heavy atom. The number of aromatic nitrogens is 2. The summed E-state index contributed by atoms with van der Waals surface area (Å²) in [4.78, 5) is 20.7. The molecular weight excluding hydrogens is 444 g/mol. The smallest absolute Gasteiger partial charge is 0.263 e. The largest absolute Gasteiger partial charge is 0.493 e. The summed E-state index contributed by atoms with van der Waals surface area (Å²) in [5.41, 5.74) is 1.71. The van der Waals surface area contributed by atoms with E-state index in [0.29, 0.717) is 34.3 Å². The Bertz CT molecular complexity index is 1270. The van der Waals surface area contributed by atoms with Gasteiger partial charge < -0.3 is 14.8 Å². The summed E-state index contributed by atoms with van der Waals surface area (Å²) in [6.45, 7) is 3.45. The number of methoxy groups -OCH3 is 2. The quantitative estimate of drug-likeness (QED) is 0.360. The van der Waals surface area contributed by atoms with Crippen LogP contribution >= 0.6 is 0 Å². The average Bonchev–Trinajstić information content (AvgIpc) is 2.77. The van der Waals surface area contributed by atoms with E-state index in [0.717, 1.165) is 0 Å². The number of allylic oxidation sites excluding steroid dienone is 1. The second-order valence-corrected chi connectivity index (χ2v) is 8.67. The van der Waals surface area contributed by atoms with Crippen LogP contribution in [0.25, 0.3) is 0 Å². The lowest BCUT2D eigenvalue weighted by Gasteiger charge is -2.09. The van der Waals surface area contributed by atoms with Gasteiger partial charge in [0.25, 0.3) is 10.0 Å². The maximum atomic E-state index is 12.6. The van der Waals surface area contributed by atoms with E-state index in [1.54, 1.807) is 50.2 Å². The molecule has 0 aliphatic carbocycles. The van der Waals surface area contributed by atoms with Gasteiger partial charge in [-0.3, -0.25) is 9.52 Å². The summed E-state index contributed by atoms with van der Waals surface area (Å²) in [6, 6.07) is 12.5. The van der Waals surface area contributed by atoms with Crippen molar-refractivity contribution in [3.63, 3.8) is 0 Å². The van der Waals surface area contributed by atoms with Crippen molar-refractivity contribution < 1.29 is 22.7 Å². The Hall–Kier alpha value is -3.92. The maximum Gasteiger partial charge on any atom is 0.263 e. The first kappa shape index (κ1) is 23.7. The molecule has 0 atom stereocenters. The number of sulfonamides is 1. The lowest BCUT2D eigenvalue weighted by atomic mass is 10.1. The molecular formula is C23H24N4O5S. The third-order valence-electron chi connectivity index (χ3n) is 4.52. The Balaban J connectivity index is 1.65. The molecule has 3 rings (SSSR count). The molecule has 0 spiro atoms. The Morgan fingerprint density at radius 3 is 2.27 bits per heavy atom. The minimum atomic E-state index is -3.81. The molecule has 1 aromatic heterocycles. The van der Waals surface area contributed by atoms with Crippen LogP contribution in [0.2, 0.25) is 0 Å². The van der Waals surface area contributed by atoms with Crippen molar-refractivity contribution in [1.29, 1.82) is 0 Å². The number of ether oxygens (including phenoxy) is 2. The number of rotatable bonds is 9. The zero-order valence-corrected chi connectivity index (χ0v) is 19.4. The zero-order chi connectivity index (χ0) is 24.0. The van der Waals surface area contributed by atoms with E-state index < -0.39 is 10.0 Å². The molecule has 172 valence electrons. The van der Waals surface area contributed by atoms with Gasteiger partial charge in [-0.2, -0.15) is 0 Å². The van der Waals surface area contributed by atoms with Crippen LogP contribution in [0.5, 0.6) is 11.5 Å². The molecule has 0 fully saturated rings. The summed E-state index contributed by atoms with van der Waals surface area (Å²) in [6.07, 6.45) is 2.85. The van der Waals surface area contributed by atoms with Crippen LogP contribution in [0.15, 0.2) is 65.7 Å². The minimum absolute atomic E-state index is 0.0763. The lowest BCUT2D eigenvalue weighted by molar-refractivity contribution is 0.104. The number of nitrogens with one attached hydrogen (secondary N) is 2. The van der Waals surface area contributed by atoms with Gasteiger partial charge >= 0.3 is 0 Å². The number of hydrogen-bond donors (Lipinski definition) is 2. The van der Waals surface area contributed by atoms with Gasteiger partial charge in [0.2, 0.25) is 0 Å². The molecule has 0 unspecified atom stereocenters. The Kier molecular flexibility index (Phi) is 7.29. The maximum absolute atomic E-state index is 12.6. The molecule has 0 aliphatic rings. The van der Waals surface area contributed by atoms with Gasteiger partial charge in [0, 0.05) is 35.3 Å². The molecule has 0 radical (unpaired) electrons. The van der Waals surface area contributed by atoms with Crippen LogP contribution in [0.3, 0.4) is 0 Å². The highest BCUT2D eigenvalue weighted by atomic mass is 32.2. The van der Waals surface area contributed by atoms with Gasteiger partial charge in [-0.25, -0.2) is 18.4 Å². The summed E-state index contributed by atoms with van der Waals surface area (Å²) in [5.74, 6) is 1.44. The predicted molar refractivity (Wildman–Crippen MR) is 125 cm³/mol. The molecule has 0 bridgehead atoms. The number of carbonyl (C=O) groups excluding carboxylic acids is 1. The van der Waals surface area contributed by atoms with Gasteiger partial charge in [-0.15, -0.1) is 0 Å². The van der Waals surface area contributed by atoms with Crippen LogP contribution < -0.4 is 19.5 Å². The molecule has 0 saturated carbocycles. The zero-order valence-electron chi connectivity index (χ0n) is 18.6. The molecule has 9 nitrogen and oxygen atoms in total. The second-order valence-electron chi connectivity index (χ2n) is 6.98. The second kappa shape index (κ2) is 10.1. The Morgan fingerprint density at radius 2 is 1.64 bits per heavy atom. The van der Waals surface area contributed by atoms with E-state index >= 15 is 0 Å². The van der Waals surface area contributed by atoms with Gasteiger partial charge in [-0.05, 0) is 56.3 Å². The molecule has 33 heavy (non-hydrogen) atoms. The lowest BCUT2D eigenvalue weighted by Crippen LogP contribution is -2.14. The number of benzene rings is 2. The van der Waals surface area contributed by atoms with E-state index in [9.17, 15) is 13.2 Å². The monoisotopic (exact) mass is 468 g/mol. The van der Waals surface area contributed by atoms with Crippen molar-refractivity contribution in [2.75, 3.05) is 24.3 Å². The third-order valence-corrected chi connectivity index (χ3v) is 5.89. The van der Waals surface area contributed by atoms with Crippen LogP contribution in [0.4, 0.5) is 11.5 Å². The summed E-state index contributed by atoms with van der Waals surface area (Å²) < 4.78 is 38.1. The number of carbonyl (C=O) groups is 1. The fourth-order valence-electron chi connectivity index (χ4n) is 3.00. The van der Waals surface area contributed by atoms with Crippen molar-refractivity contribution in [1.82, 2.24) is 9.97 Å². The van der Waals surface area contributed by atoms with E-state index in [1.807, 2.05) is 0 Å². The highest BCUT2D eigenvalue weighted by Gasteiger charge is 2.15. The normalized spacial score (nSPS) is 11.3. The number of hydrogen-bond acceptors (Lipinski definition) is 8. The topological polar surface area (TPSA) is 120 Å². The van der Waals surface area contributed by atoms with E-state index in [-0.39, 0.29) is 16.5 Å². The van der Waals surface area contributed by atoms with Crippen molar-refractivity contribution in [3.8, 4) is 11.5 Å². The van der Waals surface area contributed by atoms with Gasteiger partial charge in [0.15, 0.2) is 17.3 Å². The predicted octanol–water partition coefficient (Wildman–Crippen LogP) is 3.72. The first-order valence-corrected chi connectivity index (χ1v) is 11.3. The molecule has 3 aromatic rings. The molecule has 0 amide bonds. The molecule has 0 aliphatic heterocycles. The first-order valence-electron chi connectivity index (χ1n) is 9.86. The first-order chi connectivity index (χ1) is 15.7. The molecule has 2 N–H and O–H groups in total. The van der Waals surface area contributed by atoms with Crippen LogP contribution in [0, 0.1) is 13.8 Å². The number of anilines is 2. The van der Waals surface area contributed by atoms with E-state index in [2.05, 4.69) is 20.0 Å². The van der Waals surface area contributed by atoms with Crippen molar-refractivity contribution in [2.24, 2.45) is 0 Å². The summed E-state index contributed by atoms with van der Waals surface area (Å²) >= 11 is 0. The fourth-order valence-corrected chi connectivity index (χ4v) is 3.99. The van der Waals surface area contributed by atoms with E-state index in [1.165, 1.54) is 38.6 Å². The highest BCUT2D eigenvalue weighted by Crippen LogP contribution is 2.27. The van der Waals surface area contributed by atoms with Gasteiger partial charge in [-0.1, -0.05) is 0 Å². The third kappa shape index (κ3) is 6.07. The van der Waals surface area contributed by atoms with Crippen molar-refractivity contribution in [2.45, 2.75) is 18.7 Å². The van der Waals surface area contributed by atoms with Gasteiger partial charge in [0.05, 0.1) is 19.1 Å². The van der Waals surface area contributed by atoms with Crippen LogP contribution in [-0.2, 0) is 10.0 Å². The van der Waals surface area contributed by atoms with Crippen molar-refractivity contribution in [3.05, 3.63) is 77.9 Å². The average molecular weight is 469 g/mol. The molecule has 0 saturated heterocycles. The standard InChI is InChI=1S/C23H24N4O5S/c1-15-13-23(26-16(2)25-15)27-33(29,30)19-8-6-18(7-9-19)24-12-11-20(28)17-5-10-21(31-3)22(14-17)32-4/h5-14,24H,1-4H3,(H,25,26,27)/b12-11-.